The molecule has 1 fully saturated rings. The molecule has 116 valence electrons. The van der Waals surface area contributed by atoms with Crippen molar-refractivity contribution in [1.29, 1.82) is 0 Å². The molecule has 0 aliphatic carbocycles. The number of ether oxygens (including phenoxy) is 1. The van der Waals surface area contributed by atoms with Crippen molar-refractivity contribution in [2.24, 2.45) is 0 Å². The van der Waals surface area contributed by atoms with Gasteiger partial charge in [0.2, 0.25) is 0 Å². The predicted molar refractivity (Wildman–Crippen MR) is 80.4 cm³/mol. The van der Waals surface area contributed by atoms with Gasteiger partial charge in [-0.1, -0.05) is 15.9 Å². The van der Waals surface area contributed by atoms with E-state index in [9.17, 15) is 14.3 Å². The Morgan fingerprint density at radius 2 is 2.14 bits per heavy atom. The van der Waals surface area contributed by atoms with Crippen molar-refractivity contribution in [3.63, 3.8) is 0 Å². The summed E-state index contributed by atoms with van der Waals surface area (Å²) in [6.45, 7) is 5.53. The second-order valence-corrected chi connectivity index (χ2v) is 7.06. The third kappa shape index (κ3) is 3.95. The van der Waals surface area contributed by atoms with E-state index in [0.29, 0.717) is 16.5 Å². The van der Waals surface area contributed by atoms with Crippen LogP contribution in [0.3, 0.4) is 0 Å². The van der Waals surface area contributed by atoms with Crippen molar-refractivity contribution >= 4 is 22.0 Å². The molecule has 2 atom stereocenters. The summed E-state index contributed by atoms with van der Waals surface area (Å²) in [5.74, 6) is -0.376. The summed E-state index contributed by atoms with van der Waals surface area (Å²) in [6.07, 6.45) is -0.778. The van der Waals surface area contributed by atoms with Gasteiger partial charge >= 0.3 is 6.09 Å². The van der Waals surface area contributed by atoms with E-state index >= 15 is 0 Å². The predicted octanol–water partition coefficient (Wildman–Crippen LogP) is 3.63. The summed E-state index contributed by atoms with van der Waals surface area (Å²) in [5, 5.41) is 9.88. The fraction of sp³-hybridized carbons (Fsp3) is 0.533. The van der Waals surface area contributed by atoms with Gasteiger partial charge in [-0.2, -0.15) is 0 Å². The van der Waals surface area contributed by atoms with Crippen LogP contribution in [-0.4, -0.2) is 34.3 Å². The van der Waals surface area contributed by atoms with E-state index in [0.717, 1.165) is 0 Å². The first kappa shape index (κ1) is 16.2. The van der Waals surface area contributed by atoms with Crippen LogP contribution in [0.15, 0.2) is 22.7 Å². The lowest BCUT2D eigenvalue weighted by Crippen LogP contribution is -2.37. The molecule has 0 saturated carbocycles. The highest BCUT2D eigenvalue weighted by molar-refractivity contribution is 9.10. The smallest absolute Gasteiger partial charge is 0.410 e. The minimum absolute atomic E-state index is 0.183. The van der Waals surface area contributed by atoms with Crippen LogP contribution in [-0.2, 0) is 4.74 Å². The molecule has 0 bridgehead atoms. The number of carbonyl (C=O) groups excluding carboxylic acids is 1. The number of aliphatic hydroxyl groups excluding tert-OH is 1. The Bertz CT molecular complexity index is 544. The zero-order valence-corrected chi connectivity index (χ0v) is 13.9. The van der Waals surface area contributed by atoms with Gasteiger partial charge in [0, 0.05) is 4.47 Å². The van der Waals surface area contributed by atoms with Crippen LogP contribution in [0, 0.1) is 5.82 Å². The fourth-order valence-corrected chi connectivity index (χ4v) is 2.91. The molecule has 1 heterocycles. The number of hydrogen-bond donors (Lipinski definition) is 1. The number of rotatable bonds is 1. The van der Waals surface area contributed by atoms with E-state index in [1.54, 1.807) is 26.8 Å². The molecule has 0 aromatic heterocycles. The largest absolute Gasteiger partial charge is 0.444 e. The van der Waals surface area contributed by atoms with E-state index in [2.05, 4.69) is 15.9 Å². The highest BCUT2D eigenvalue weighted by Gasteiger charge is 2.38. The van der Waals surface area contributed by atoms with Gasteiger partial charge in [0.05, 0.1) is 18.7 Å². The normalized spacial score (nSPS) is 22.5. The zero-order valence-electron chi connectivity index (χ0n) is 12.3. The van der Waals surface area contributed by atoms with Crippen molar-refractivity contribution in [3.05, 3.63) is 34.1 Å². The van der Waals surface area contributed by atoms with Crippen LogP contribution < -0.4 is 0 Å². The first-order valence-corrected chi connectivity index (χ1v) is 7.59. The molecule has 1 aliphatic heterocycles. The molecular formula is C15H19BrFNO3. The van der Waals surface area contributed by atoms with Gasteiger partial charge < -0.3 is 9.84 Å². The van der Waals surface area contributed by atoms with E-state index in [4.69, 9.17) is 4.74 Å². The van der Waals surface area contributed by atoms with Gasteiger partial charge in [-0.25, -0.2) is 9.18 Å². The summed E-state index contributed by atoms with van der Waals surface area (Å²) in [5.41, 5.74) is 0.0198. The Hall–Kier alpha value is -1.14. The van der Waals surface area contributed by atoms with Crippen LogP contribution in [0.5, 0.6) is 0 Å². The number of carbonyl (C=O) groups is 1. The average molecular weight is 360 g/mol. The number of β-amino-alcohol motifs (C(OH)–C–C–N with tert-alkyl or cyclic N) is 1. The quantitative estimate of drug-likeness (QED) is 0.832. The molecule has 2 rings (SSSR count). The molecule has 1 amide bonds. The van der Waals surface area contributed by atoms with Gasteiger partial charge in [-0.15, -0.1) is 0 Å². The average Bonchev–Trinajstić information content (AvgIpc) is 2.72. The minimum atomic E-state index is -0.641. The van der Waals surface area contributed by atoms with Crippen LogP contribution >= 0.6 is 15.9 Å². The van der Waals surface area contributed by atoms with E-state index < -0.39 is 23.8 Å². The number of nitrogens with zero attached hydrogens (tertiary/aromatic N) is 1. The molecule has 6 heteroatoms. The van der Waals surface area contributed by atoms with Crippen LogP contribution in [0.25, 0.3) is 0 Å². The molecular weight excluding hydrogens is 341 g/mol. The molecule has 1 aromatic rings. The van der Waals surface area contributed by atoms with Crippen molar-refractivity contribution in [2.45, 2.75) is 44.9 Å². The second-order valence-electron chi connectivity index (χ2n) is 6.20. The summed E-state index contributed by atoms with van der Waals surface area (Å²) in [7, 11) is 0. The molecule has 21 heavy (non-hydrogen) atoms. The van der Waals surface area contributed by atoms with E-state index in [1.165, 1.54) is 17.0 Å². The van der Waals surface area contributed by atoms with Crippen LogP contribution in [0.4, 0.5) is 9.18 Å². The first-order chi connectivity index (χ1) is 9.67. The van der Waals surface area contributed by atoms with Gasteiger partial charge in [0.1, 0.15) is 11.4 Å². The summed E-state index contributed by atoms with van der Waals surface area (Å²) in [4.78, 5) is 13.7. The Kier molecular flexibility index (Phi) is 4.58. The Morgan fingerprint density at radius 1 is 1.48 bits per heavy atom. The zero-order chi connectivity index (χ0) is 15.8. The van der Waals surface area contributed by atoms with E-state index in [1.807, 2.05) is 0 Å². The van der Waals surface area contributed by atoms with Crippen molar-refractivity contribution in [2.75, 3.05) is 6.54 Å². The number of benzene rings is 1. The molecule has 0 radical (unpaired) electrons. The summed E-state index contributed by atoms with van der Waals surface area (Å²) in [6, 6.07) is 3.92. The number of likely N-dealkylation sites (tertiary alicyclic amines) is 1. The summed E-state index contributed by atoms with van der Waals surface area (Å²) >= 11 is 3.37. The molecule has 1 unspecified atom stereocenters. The second kappa shape index (κ2) is 5.93. The number of aliphatic hydroxyl groups is 1. The number of halogens is 2. The molecule has 0 spiro atoms. The third-order valence-electron chi connectivity index (χ3n) is 3.22. The van der Waals surface area contributed by atoms with Gasteiger partial charge in [-0.3, -0.25) is 4.90 Å². The van der Waals surface area contributed by atoms with Crippen LogP contribution in [0.1, 0.15) is 38.8 Å². The van der Waals surface area contributed by atoms with Crippen molar-refractivity contribution in [1.82, 2.24) is 4.90 Å². The Labute approximate surface area is 132 Å². The standard InChI is InChI=1S/C15H19BrFNO3/c1-15(2,3)21-14(20)18-8-10(19)7-13(18)11-6-9(17)4-5-12(11)16/h4-6,10,13,19H,7-8H2,1-3H3/t10?,13-/m1/s1. The lowest BCUT2D eigenvalue weighted by Gasteiger charge is -2.29. The minimum Gasteiger partial charge on any atom is -0.444 e. The third-order valence-corrected chi connectivity index (χ3v) is 3.95. The van der Waals surface area contributed by atoms with Gasteiger partial charge in [0.15, 0.2) is 0 Å². The lowest BCUT2D eigenvalue weighted by molar-refractivity contribution is 0.0206. The SMILES string of the molecule is CC(C)(C)OC(=O)N1CC(O)C[C@@H]1c1cc(F)ccc1Br. The fourth-order valence-electron chi connectivity index (χ4n) is 2.40. The van der Waals surface area contributed by atoms with E-state index in [-0.39, 0.29) is 12.4 Å². The Balaban J connectivity index is 2.28. The highest BCUT2D eigenvalue weighted by Crippen LogP contribution is 2.37. The highest BCUT2D eigenvalue weighted by atomic mass is 79.9. The van der Waals surface area contributed by atoms with Crippen LogP contribution in [0.2, 0.25) is 0 Å². The number of amides is 1. The maximum absolute atomic E-state index is 13.5. The molecule has 1 saturated heterocycles. The topological polar surface area (TPSA) is 49.8 Å². The summed E-state index contributed by atoms with van der Waals surface area (Å²) < 4.78 is 19.5. The lowest BCUT2D eigenvalue weighted by atomic mass is 10.0. The Morgan fingerprint density at radius 3 is 2.76 bits per heavy atom. The first-order valence-electron chi connectivity index (χ1n) is 6.80. The monoisotopic (exact) mass is 359 g/mol. The van der Waals surface area contributed by atoms with Crippen molar-refractivity contribution in [3.8, 4) is 0 Å². The maximum atomic E-state index is 13.5. The number of hydrogen-bond acceptors (Lipinski definition) is 3. The molecule has 1 N–H and O–H groups in total. The van der Waals surface area contributed by atoms with Gasteiger partial charge in [0.25, 0.3) is 0 Å². The van der Waals surface area contributed by atoms with Crippen molar-refractivity contribution < 1.29 is 19.0 Å². The molecule has 1 aromatic carbocycles. The molecule has 1 aliphatic rings. The maximum Gasteiger partial charge on any atom is 0.410 e. The molecule has 4 nitrogen and oxygen atoms in total. The van der Waals surface area contributed by atoms with Gasteiger partial charge in [-0.05, 0) is 51.0 Å².